The summed E-state index contributed by atoms with van der Waals surface area (Å²) in [7, 11) is -1.29. The summed E-state index contributed by atoms with van der Waals surface area (Å²) in [6.07, 6.45) is 0. The van der Waals surface area contributed by atoms with E-state index >= 15 is 0 Å². The van der Waals surface area contributed by atoms with Gasteiger partial charge in [-0.2, -0.15) is 10.4 Å². The zero-order chi connectivity index (χ0) is 8.43. The number of nitrogens with zero attached hydrogens (tertiary/aromatic N) is 1. The van der Waals surface area contributed by atoms with Crippen molar-refractivity contribution in [2.45, 2.75) is 19.9 Å². The monoisotopic (exact) mass is 156 g/mol. The zero-order valence-electron chi connectivity index (χ0n) is 6.37. The van der Waals surface area contributed by atoms with Crippen molar-refractivity contribution in [3.63, 3.8) is 0 Å². The summed E-state index contributed by atoms with van der Waals surface area (Å²) >= 11 is 0. The van der Waals surface area contributed by atoms with E-state index in [9.17, 15) is 4.91 Å². The normalized spacial score (nSPS) is 23.4. The Morgan fingerprint density at radius 2 is 2.45 bits per heavy atom. The fourth-order valence-electron chi connectivity index (χ4n) is 1.07. The fraction of sp³-hybridized carbons (Fsp3) is 0.600. The van der Waals surface area contributed by atoms with Crippen LogP contribution in [0.25, 0.3) is 0 Å². The van der Waals surface area contributed by atoms with Crippen LogP contribution in [0.4, 0.5) is 0 Å². The lowest BCUT2D eigenvalue weighted by molar-refractivity contribution is 0.121. The molecular weight excluding hydrogens is 147 g/mol. The Morgan fingerprint density at radius 1 is 1.82 bits per heavy atom. The summed E-state index contributed by atoms with van der Waals surface area (Å²) in [6, 6.07) is -0.150. The van der Waals surface area contributed by atoms with Crippen LogP contribution in [0, 0.1) is 4.91 Å². The molecule has 0 aromatic carbocycles. The van der Waals surface area contributed by atoms with Crippen LogP contribution in [0.1, 0.15) is 13.8 Å². The van der Waals surface area contributed by atoms with Crippen molar-refractivity contribution in [1.82, 2.24) is 5.48 Å². The highest BCUT2D eigenvalue weighted by Crippen LogP contribution is 2.18. The quantitative estimate of drug-likeness (QED) is 0.435. The smallest absolute Gasteiger partial charge is 0.425 e. The molecular formula is C5H9BN2O3. The maximum atomic E-state index is 9.97. The largest absolute Gasteiger partial charge is 0.518 e. The minimum absolute atomic E-state index is 0.150. The zero-order valence-corrected chi connectivity index (χ0v) is 6.37. The van der Waals surface area contributed by atoms with E-state index in [4.69, 9.17) is 9.86 Å². The summed E-state index contributed by atoms with van der Waals surface area (Å²) in [6.45, 7) is 3.44. The summed E-state index contributed by atoms with van der Waals surface area (Å²) in [5, 5.41) is 11.5. The summed E-state index contributed by atoms with van der Waals surface area (Å²) < 4.78 is 0. The Hall–Kier alpha value is -0.875. The number of allylic oxidation sites excluding steroid dienone is 1. The predicted molar refractivity (Wildman–Crippen MR) is 40.2 cm³/mol. The van der Waals surface area contributed by atoms with Crippen LogP contribution < -0.4 is 5.48 Å². The van der Waals surface area contributed by atoms with Crippen molar-refractivity contribution in [1.29, 1.82) is 0 Å². The van der Waals surface area contributed by atoms with Gasteiger partial charge in [-0.1, -0.05) is 5.09 Å². The Morgan fingerprint density at radius 3 is 2.82 bits per heavy atom. The summed E-state index contributed by atoms with van der Waals surface area (Å²) in [4.78, 5) is 14.8. The van der Waals surface area contributed by atoms with E-state index in [1.807, 2.05) is 0 Å². The SMILES string of the molecule is CC1=C(B(O)N=O)C(C)NO1. The number of hydroxylamine groups is 1. The van der Waals surface area contributed by atoms with Gasteiger partial charge in [0.1, 0.15) is 5.76 Å². The molecule has 1 atom stereocenters. The van der Waals surface area contributed by atoms with Crippen molar-refractivity contribution in [2.24, 2.45) is 5.09 Å². The minimum Gasteiger partial charge on any atom is -0.425 e. The molecule has 0 aromatic heterocycles. The summed E-state index contributed by atoms with van der Waals surface area (Å²) in [5.74, 6) is 0.518. The third-order valence-electron chi connectivity index (χ3n) is 1.64. The topological polar surface area (TPSA) is 70.9 Å². The van der Waals surface area contributed by atoms with E-state index in [2.05, 4.69) is 10.6 Å². The third kappa shape index (κ3) is 1.41. The first-order valence-electron chi connectivity index (χ1n) is 3.30. The molecule has 0 saturated heterocycles. The van der Waals surface area contributed by atoms with Gasteiger partial charge < -0.3 is 9.86 Å². The van der Waals surface area contributed by atoms with Crippen LogP contribution >= 0.6 is 0 Å². The molecule has 60 valence electrons. The third-order valence-corrected chi connectivity index (χ3v) is 1.64. The van der Waals surface area contributed by atoms with E-state index in [1.165, 1.54) is 0 Å². The average Bonchev–Trinajstić information content (AvgIpc) is 2.30. The maximum Gasteiger partial charge on any atom is 0.518 e. The molecule has 2 N–H and O–H groups in total. The molecule has 1 aliphatic rings. The number of nitrogens with one attached hydrogen (secondary N) is 1. The van der Waals surface area contributed by atoms with Crippen LogP contribution in [0.2, 0.25) is 0 Å². The molecule has 0 bridgehead atoms. The highest BCUT2D eigenvalue weighted by molar-refractivity contribution is 6.57. The Kier molecular flexibility index (Phi) is 2.26. The van der Waals surface area contributed by atoms with Crippen molar-refractivity contribution in [3.05, 3.63) is 16.1 Å². The molecule has 0 radical (unpaired) electrons. The number of nitroso groups, excluding NO2 is 1. The Bertz CT molecular complexity index is 206. The first-order valence-corrected chi connectivity index (χ1v) is 3.30. The van der Waals surface area contributed by atoms with Gasteiger partial charge >= 0.3 is 7.05 Å². The van der Waals surface area contributed by atoms with Crippen molar-refractivity contribution in [3.8, 4) is 0 Å². The van der Waals surface area contributed by atoms with E-state index in [0.717, 1.165) is 0 Å². The van der Waals surface area contributed by atoms with Crippen molar-refractivity contribution < 1.29 is 9.86 Å². The highest BCUT2D eigenvalue weighted by atomic mass is 16.7. The van der Waals surface area contributed by atoms with E-state index in [0.29, 0.717) is 11.2 Å². The predicted octanol–water partition coefficient (Wildman–Crippen LogP) is -0.0302. The van der Waals surface area contributed by atoms with Gasteiger partial charge in [0.15, 0.2) is 0 Å². The molecule has 11 heavy (non-hydrogen) atoms. The van der Waals surface area contributed by atoms with E-state index < -0.39 is 7.05 Å². The lowest BCUT2D eigenvalue weighted by Gasteiger charge is -2.03. The molecule has 0 amide bonds. The first kappa shape index (κ1) is 8.22. The lowest BCUT2D eigenvalue weighted by atomic mass is 9.71. The van der Waals surface area contributed by atoms with Gasteiger partial charge in [0.05, 0.1) is 6.04 Å². The lowest BCUT2D eigenvalue weighted by Crippen LogP contribution is -2.27. The standard InChI is InChI=1S/C5H9BN2O3/c1-3-5(6(9)8-10)4(2)11-7-3/h3,7,9H,1-2H3. The molecule has 1 aliphatic heterocycles. The second-order valence-corrected chi connectivity index (χ2v) is 2.43. The van der Waals surface area contributed by atoms with Gasteiger partial charge in [-0.05, 0) is 13.8 Å². The van der Waals surface area contributed by atoms with Crippen LogP contribution in [-0.2, 0) is 4.84 Å². The second kappa shape index (κ2) is 3.02. The van der Waals surface area contributed by atoms with Gasteiger partial charge in [0.2, 0.25) is 0 Å². The van der Waals surface area contributed by atoms with Crippen LogP contribution in [-0.4, -0.2) is 18.1 Å². The van der Waals surface area contributed by atoms with Gasteiger partial charge in [0.25, 0.3) is 0 Å². The number of hydrogen-bond donors (Lipinski definition) is 2. The molecule has 1 rings (SSSR count). The highest BCUT2D eigenvalue weighted by Gasteiger charge is 2.32. The van der Waals surface area contributed by atoms with Gasteiger partial charge in [0, 0.05) is 5.47 Å². The molecule has 1 unspecified atom stereocenters. The molecule has 5 nitrogen and oxygen atoms in total. The summed E-state index contributed by atoms with van der Waals surface area (Å²) in [5.41, 5.74) is 3.10. The number of rotatable bonds is 2. The number of hydrogen-bond acceptors (Lipinski definition) is 5. The van der Waals surface area contributed by atoms with Gasteiger partial charge in [-0.25, -0.2) is 0 Å². The van der Waals surface area contributed by atoms with Crippen molar-refractivity contribution >= 4 is 7.05 Å². The van der Waals surface area contributed by atoms with Crippen molar-refractivity contribution in [2.75, 3.05) is 0 Å². The Balaban J connectivity index is 2.82. The second-order valence-electron chi connectivity index (χ2n) is 2.43. The minimum atomic E-state index is -1.29. The molecule has 0 aromatic rings. The Labute approximate surface area is 64.5 Å². The average molecular weight is 156 g/mol. The van der Waals surface area contributed by atoms with Crippen LogP contribution in [0.5, 0.6) is 0 Å². The fourth-order valence-corrected chi connectivity index (χ4v) is 1.07. The van der Waals surface area contributed by atoms with Crippen LogP contribution in [0.3, 0.4) is 0 Å². The van der Waals surface area contributed by atoms with Gasteiger partial charge in [-0.3, -0.25) is 0 Å². The molecule has 0 fully saturated rings. The molecule has 0 spiro atoms. The molecule has 0 aliphatic carbocycles. The maximum absolute atomic E-state index is 9.97. The molecule has 6 heteroatoms. The van der Waals surface area contributed by atoms with E-state index in [-0.39, 0.29) is 6.04 Å². The molecule has 0 saturated carbocycles. The van der Waals surface area contributed by atoms with Gasteiger partial charge in [-0.15, -0.1) is 0 Å². The molecule has 1 heterocycles. The van der Waals surface area contributed by atoms with E-state index in [1.54, 1.807) is 13.8 Å². The first-order chi connectivity index (χ1) is 5.16. The van der Waals surface area contributed by atoms with Crippen LogP contribution in [0.15, 0.2) is 16.3 Å².